The molecule has 6 N–H and O–H groups in total. The van der Waals surface area contributed by atoms with Crippen molar-refractivity contribution in [2.45, 2.75) is 52.1 Å². The summed E-state index contributed by atoms with van der Waals surface area (Å²) in [6.45, 7) is 6.84. The predicted molar refractivity (Wildman–Crippen MR) is 89.5 cm³/mol. The Morgan fingerprint density at radius 2 is 1.82 bits per heavy atom. The van der Waals surface area contributed by atoms with E-state index in [1.54, 1.807) is 11.8 Å². The molecule has 22 heavy (non-hydrogen) atoms. The van der Waals surface area contributed by atoms with Crippen LogP contribution in [0.15, 0.2) is 0 Å². The van der Waals surface area contributed by atoms with E-state index in [1.165, 1.54) is 13.8 Å². The molecular weight excluding hydrogens is 306 g/mol. The molecule has 0 fully saturated rings. The summed E-state index contributed by atoms with van der Waals surface area (Å²) in [6, 6.07) is -0.525. The fourth-order valence-electron chi connectivity index (χ4n) is 1.38. The van der Waals surface area contributed by atoms with Gasteiger partial charge in [-0.3, -0.25) is 14.4 Å². The van der Waals surface area contributed by atoms with Gasteiger partial charge in [0.1, 0.15) is 11.6 Å². The number of nitrogens with two attached hydrogens (primary N) is 2. The van der Waals surface area contributed by atoms with Gasteiger partial charge in [0.2, 0.25) is 11.8 Å². The first-order valence-corrected chi connectivity index (χ1v) is 8.41. The average molecular weight is 335 g/mol. The van der Waals surface area contributed by atoms with Crippen molar-refractivity contribution in [3.05, 3.63) is 0 Å². The minimum Gasteiger partial charge on any atom is -0.480 e. The Morgan fingerprint density at radius 3 is 2.09 bits per heavy atom. The van der Waals surface area contributed by atoms with E-state index < -0.39 is 23.5 Å². The highest BCUT2D eigenvalue weighted by Crippen LogP contribution is 2.09. The van der Waals surface area contributed by atoms with E-state index in [-0.39, 0.29) is 5.91 Å². The molecule has 0 heterocycles. The van der Waals surface area contributed by atoms with Crippen LogP contribution in [0, 0.1) is 5.92 Å². The van der Waals surface area contributed by atoms with Crippen molar-refractivity contribution >= 4 is 29.5 Å². The van der Waals surface area contributed by atoms with Crippen LogP contribution in [0.25, 0.3) is 0 Å². The first-order valence-electron chi connectivity index (χ1n) is 7.01. The first kappa shape index (κ1) is 23.0. The Kier molecular flexibility index (Phi) is 11.8. The number of carbonyl (C=O) groups excluding carboxylic acids is 2. The molecule has 0 aromatic heterocycles. The normalized spacial score (nSPS) is 14.3. The first-order chi connectivity index (χ1) is 9.93. The van der Waals surface area contributed by atoms with Crippen molar-refractivity contribution < 1.29 is 19.5 Å². The summed E-state index contributed by atoms with van der Waals surface area (Å²) in [7, 11) is 0. The molecule has 130 valence electrons. The molecule has 7 nitrogen and oxygen atoms in total. The number of hydrogen-bond donors (Lipinski definition) is 4. The zero-order valence-electron chi connectivity index (χ0n) is 14.0. The van der Waals surface area contributed by atoms with Crippen molar-refractivity contribution in [1.29, 1.82) is 0 Å². The van der Waals surface area contributed by atoms with Crippen molar-refractivity contribution in [2.24, 2.45) is 17.4 Å². The zero-order chi connectivity index (χ0) is 17.9. The van der Waals surface area contributed by atoms with E-state index in [0.29, 0.717) is 18.8 Å². The molecule has 0 aliphatic carbocycles. The van der Waals surface area contributed by atoms with Crippen LogP contribution in [0.5, 0.6) is 0 Å². The lowest BCUT2D eigenvalue weighted by Gasteiger charge is -2.17. The van der Waals surface area contributed by atoms with Crippen LogP contribution in [0.4, 0.5) is 0 Å². The van der Waals surface area contributed by atoms with Crippen LogP contribution in [-0.2, 0) is 14.4 Å². The Hall–Kier alpha value is -1.28. The second-order valence-electron chi connectivity index (χ2n) is 5.75. The Labute approximate surface area is 136 Å². The summed E-state index contributed by atoms with van der Waals surface area (Å²) < 4.78 is 0. The van der Waals surface area contributed by atoms with Gasteiger partial charge in [0.15, 0.2) is 0 Å². The van der Waals surface area contributed by atoms with Gasteiger partial charge in [0.25, 0.3) is 0 Å². The molecular formula is C14H29N3O4S. The second kappa shape index (κ2) is 11.3. The van der Waals surface area contributed by atoms with Crippen LogP contribution >= 0.6 is 11.8 Å². The van der Waals surface area contributed by atoms with Crippen molar-refractivity contribution in [1.82, 2.24) is 5.32 Å². The summed E-state index contributed by atoms with van der Waals surface area (Å²) >= 11 is 1.60. The molecule has 0 aliphatic heterocycles. The minimum absolute atomic E-state index is 0.223. The van der Waals surface area contributed by atoms with Crippen LogP contribution in [-0.4, -0.2) is 46.5 Å². The maximum absolute atomic E-state index is 10.8. The van der Waals surface area contributed by atoms with Gasteiger partial charge in [-0.1, -0.05) is 13.8 Å². The molecule has 0 saturated carbocycles. The standard InChI is InChI=1S/C8H16N2O2.C6H13NO2S/c1-5(2)4-7(8(9)12)10-6(3)11;1-6(7,5(8)9)3-4-10-2/h5,7H,4H2,1-3H3,(H2,9,12)(H,10,11);3-4,7H2,1-2H3,(H,8,9)/t7-;6-/m00/s1. The third kappa shape index (κ3) is 12.5. The third-order valence-electron chi connectivity index (χ3n) is 2.74. The number of primary amides is 1. The van der Waals surface area contributed by atoms with E-state index >= 15 is 0 Å². The van der Waals surface area contributed by atoms with Gasteiger partial charge in [0, 0.05) is 6.92 Å². The number of rotatable bonds is 8. The number of aliphatic carboxylic acids is 1. The number of carbonyl (C=O) groups is 3. The highest BCUT2D eigenvalue weighted by molar-refractivity contribution is 7.98. The molecule has 0 aromatic rings. The molecule has 0 unspecified atom stereocenters. The fourth-order valence-corrected chi connectivity index (χ4v) is 2.01. The number of hydrogen-bond acceptors (Lipinski definition) is 5. The molecule has 0 rings (SSSR count). The fraction of sp³-hybridized carbons (Fsp3) is 0.786. The Morgan fingerprint density at radius 1 is 1.32 bits per heavy atom. The summed E-state index contributed by atoms with van der Waals surface area (Å²) in [4.78, 5) is 31.8. The largest absolute Gasteiger partial charge is 0.480 e. The maximum Gasteiger partial charge on any atom is 0.323 e. The number of carboxylic acid groups (broad SMARTS) is 1. The molecule has 0 bridgehead atoms. The number of amides is 2. The van der Waals surface area contributed by atoms with Crippen molar-refractivity contribution in [3.63, 3.8) is 0 Å². The second-order valence-corrected chi connectivity index (χ2v) is 6.74. The lowest BCUT2D eigenvalue weighted by atomic mass is 10.0. The lowest BCUT2D eigenvalue weighted by molar-refractivity contribution is -0.142. The lowest BCUT2D eigenvalue weighted by Crippen LogP contribution is -2.45. The van der Waals surface area contributed by atoms with Gasteiger partial charge >= 0.3 is 5.97 Å². The molecule has 0 radical (unpaired) electrons. The molecule has 0 aromatic carbocycles. The highest BCUT2D eigenvalue weighted by atomic mass is 32.2. The van der Waals surface area contributed by atoms with E-state index in [9.17, 15) is 14.4 Å². The molecule has 8 heteroatoms. The minimum atomic E-state index is -1.05. The molecule has 2 atom stereocenters. The van der Waals surface area contributed by atoms with Gasteiger partial charge in [-0.2, -0.15) is 11.8 Å². The Bertz CT molecular complexity index is 373. The summed E-state index contributed by atoms with van der Waals surface area (Å²) in [5.41, 5.74) is 9.46. The number of thioether (sulfide) groups is 1. The zero-order valence-corrected chi connectivity index (χ0v) is 14.8. The van der Waals surface area contributed by atoms with Crippen LogP contribution in [0.2, 0.25) is 0 Å². The third-order valence-corrected chi connectivity index (χ3v) is 3.35. The van der Waals surface area contributed by atoms with Gasteiger partial charge < -0.3 is 21.9 Å². The number of nitrogens with one attached hydrogen (secondary N) is 1. The van der Waals surface area contributed by atoms with E-state index in [2.05, 4.69) is 5.32 Å². The summed E-state index contributed by atoms with van der Waals surface area (Å²) in [5.74, 6) is -0.492. The van der Waals surface area contributed by atoms with Gasteiger partial charge in [-0.15, -0.1) is 0 Å². The smallest absolute Gasteiger partial charge is 0.323 e. The molecule has 2 amide bonds. The predicted octanol–water partition coefficient (Wildman–Crippen LogP) is 0.564. The van der Waals surface area contributed by atoms with Gasteiger partial charge in [-0.25, -0.2) is 0 Å². The summed E-state index contributed by atoms with van der Waals surface area (Å²) in [5, 5.41) is 11.0. The molecule has 0 aliphatic rings. The van der Waals surface area contributed by atoms with Crippen LogP contribution < -0.4 is 16.8 Å². The number of carboxylic acids is 1. The van der Waals surface area contributed by atoms with Gasteiger partial charge in [-0.05, 0) is 37.7 Å². The van der Waals surface area contributed by atoms with Crippen molar-refractivity contribution in [3.8, 4) is 0 Å². The molecule has 0 spiro atoms. The van der Waals surface area contributed by atoms with Crippen LogP contribution in [0.3, 0.4) is 0 Å². The average Bonchev–Trinajstić information content (AvgIpc) is 2.35. The van der Waals surface area contributed by atoms with Gasteiger partial charge in [0.05, 0.1) is 0 Å². The van der Waals surface area contributed by atoms with Crippen LogP contribution in [0.1, 0.15) is 40.5 Å². The Balaban J connectivity index is 0. The monoisotopic (exact) mass is 335 g/mol. The SMILES string of the molecule is CC(=O)N[C@@H](CC(C)C)C(N)=O.CSCC[C@](C)(N)C(=O)O. The topological polar surface area (TPSA) is 136 Å². The quantitative estimate of drug-likeness (QED) is 0.512. The highest BCUT2D eigenvalue weighted by Gasteiger charge is 2.26. The van der Waals surface area contributed by atoms with E-state index in [4.69, 9.17) is 16.6 Å². The van der Waals surface area contributed by atoms with E-state index in [0.717, 1.165) is 5.75 Å². The molecule has 0 saturated heterocycles. The summed E-state index contributed by atoms with van der Waals surface area (Å²) in [6.07, 6.45) is 3.04. The maximum atomic E-state index is 10.8. The van der Waals surface area contributed by atoms with E-state index in [1.807, 2.05) is 20.1 Å². The van der Waals surface area contributed by atoms with Crippen molar-refractivity contribution in [2.75, 3.05) is 12.0 Å².